The minimum Gasteiger partial charge on any atom is -0.391 e. The van der Waals surface area contributed by atoms with Gasteiger partial charge in [-0.15, -0.1) is 0 Å². The van der Waals surface area contributed by atoms with Gasteiger partial charge in [-0.05, 0) is 42.5 Å². The van der Waals surface area contributed by atoms with E-state index in [2.05, 4.69) is 0 Å². The highest BCUT2D eigenvalue weighted by Gasteiger charge is 2.32. The van der Waals surface area contributed by atoms with E-state index in [0.29, 0.717) is 32.4 Å². The van der Waals surface area contributed by atoms with Gasteiger partial charge in [-0.3, -0.25) is 4.79 Å². The zero-order valence-corrected chi connectivity index (χ0v) is 12.3. The quantitative estimate of drug-likeness (QED) is 0.884. The van der Waals surface area contributed by atoms with Crippen LogP contribution in [-0.4, -0.2) is 41.1 Å². The van der Waals surface area contributed by atoms with Crippen molar-refractivity contribution in [3.05, 3.63) is 34.9 Å². The molecule has 1 aliphatic heterocycles. The third-order valence-electron chi connectivity index (χ3n) is 4.75. The van der Waals surface area contributed by atoms with Crippen LogP contribution in [0.5, 0.6) is 0 Å². The SMILES string of the molecule is NC(CC(=O)N1CCC(O)C1)C1CCc2cc(F)c(F)cc21. The molecule has 1 aromatic rings. The van der Waals surface area contributed by atoms with E-state index in [4.69, 9.17) is 5.73 Å². The number of aliphatic hydroxyl groups excluding tert-OH is 1. The first-order valence-corrected chi connectivity index (χ1v) is 7.65. The molecule has 3 N–H and O–H groups in total. The Morgan fingerprint density at radius 3 is 2.77 bits per heavy atom. The molecule has 0 aromatic heterocycles. The summed E-state index contributed by atoms with van der Waals surface area (Å²) in [5.74, 6) is -1.91. The molecule has 120 valence electrons. The van der Waals surface area contributed by atoms with E-state index in [1.165, 1.54) is 12.1 Å². The number of aliphatic hydroxyl groups is 1. The van der Waals surface area contributed by atoms with Crippen molar-refractivity contribution in [1.29, 1.82) is 0 Å². The lowest BCUT2D eigenvalue weighted by Gasteiger charge is -2.23. The normalized spacial score (nSPS) is 25.4. The number of carbonyl (C=O) groups is 1. The van der Waals surface area contributed by atoms with Crippen LogP contribution in [0.2, 0.25) is 0 Å². The number of likely N-dealkylation sites (tertiary alicyclic amines) is 1. The minimum atomic E-state index is -0.869. The summed E-state index contributed by atoms with van der Waals surface area (Å²) >= 11 is 0. The van der Waals surface area contributed by atoms with Crippen molar-refractivity contribution in [2.45, 2.75) is 43.7 Å². The lowest BCUT2D eigenvalue weighted by Crippen LogP contribution is -2.37. The van der Waals surface area contributed by atoms with E-state index in [9.17, 15) is 18.7 Å². The number of benzene rings is 1. The fraction of sp³-hybridized carbons (Fsp3) is 0.562. The van der Waals surface area contributed by atoms with E-state index in [1.54, 1.807) is 4.90 Å². The molecule has 1 aromatic carbocycles. The number of nitrogens with two attached hydrogens (primary N) is 1. The average Bonchev–Trinajstić information content (AvgIpc) is 3.06. The fourth-order valence-electron chi connectivity index (χ4n) is 3.52. The van der Waals surface area contributed by atoms with Gasteiger partial charge in [0.2, 0.25) is 5.91 Å². The molecular weight excluding hydrogens is 290 g/mol. The van der Waals surface area contributed by atoms with Gasteiger partial charge in [-0.1, -0.05) is 0 Å². The van der Waals surface area contributed by atoms with Gasteiger partial charge in [0.05, 0.1) is 6.10 Å². The summed E-state index contributed by atoms with van der Waals surface area (Å²) < 4.78 is 26.7. The smallest absolute Gasteiger partial charge is 0.224 e. The van der Waals surface area contributed by atoms with E-state index < -0.39 is 23.8 Å². The highest BCUT2D eigenvalue weighted by atomic mass is 19.2. The number of hydrogen-bond donors (Lipinski definition) is 2. The van der Waals surface area contributed by atoms with E-state index in [-0.39, 0.29) is 18.2 Å². The standard InChI is InChI=1S/C16H20F2N2O2/c17-13-5-9-1-2-11(12(9)6-14(13)18)15(19)7-16(22)20-4-3-10(21)8-20/h5-6,10-11,15,21H,1-4,7-8,19H2. The van der Waals surface area contributed by atoms with Gasteiger partial charge in [-0.25, -0.2) is 8.78 Å². The molecule has 0 spiro atoms. The van der Waals surface area contributed by atoms with Gasteiger partial charge >= 0.3 is 0 Å². The molecule has 3 atom stereocenters. The molecular formula is C16H20F2N2O2. The molecule has 22 heavy (non-hydrogen) atoms. The Morgan fingerprint density at radius 2 is 2.09 bits per heavy atom. The van der Waals surface area contributed by atoms with E-state index in [1.807, 2.05) is 0 Å². The third kappa shape index (κ3) is 2.85. The maximum absolute atomic E-state index is 13.4. The van der Waals surface area contributed by atoms with E-state index >= 15 is 0 Å². The van der Waals surface area contributed by atoms with Crippen molar-refractivity contribution >= 4 is 5.91 Å². The van der Waals surface area contributed by atoms with Crippen molar-refractivity contribution in [3.8, 4) is 0 Å². The number of halogens is 2. The zero-order chi connectivity index (χ0) is 15.9. The van der Waals surface area contributed by atoms with Crippen molar-refractivity contribution in [1.82, 2.24) is 4.90 Å². The Labute approximate surface area is 127 Å². The molecule has 0 saturated carbocycles. The number of carbonyl (C=O) groups excluding carboxylic acids is 1. The Bertz CT molecular complexity index is 594. The van der Waals surface area contributed by atoms with Crippen LogP contribution < -0.4 is 5.73 Å². The number of rotatable bonds is 3. The summed E-state index contributed by atoms with van der Waals surface area (Å²) in [5, 5.41) is 9.48. The fourth-order valence-corrected chi connectivity index (χ4v) is 3.52. The number of fused-ring (bicyclic) bond motifs is 1. The largest absolute Gasteiger partial charge is 0.391 e. The monoisotopic (exact) mass is 310 g/mol. The lowest BCUT2D eigenvalue weighted by molar-refractivity contribution is -0.131. The third-order valence-corrected chi connectivity index (χ3v) is 4.75. The van der Waals surface area contributed by atoms with Crippen LogP contribution in [0.3, 0.4) is 0 Å². The summed E-state index contributed by atoms with van der Waals surface area (Å²) in [6.07, 6.45) is 1.66. The lowest BCUT2D eigenvalue weighted by atomic mass is 9.91. The van der Waals surface area contributed by atoms with Crippen molar-refractivity contribution in [3.63, 3.8) is 0 Å². The topological polar surface area (TPSA) is 66.6 Å². The summed E-state index contributed by atoms with van der Waals surface area (Å²) in [6, 6.07) is 2.03. The van der Waals surface area contributed by atoms with Crippen LogP contribution in [0.4, 0.5) is 8.78 Å². The number of β-amino-alcohol motifs (C(OH)–C–C–N with tert-alkyl or cyclic N) is 1. The summed E-state index contributed by atoms with van der Waals surface area (Å²) in [7, 11) is 0. The van der Waals surface area contributed by atoms with Crippen LogP contribution in [0.25, 0.3) is 0 Å². The average molecular weight is 310 g/mol. The van der Waals surface area contributed by atoms with Crippen molar-refractivity contribution in [2.24, 2.45) is 5.73 Å². The van der Waals surface area contributed by atoms with Gasteiger partial charge in [0.15, 0.2) is 11.6 Å². The van der Waals surface area contributed by atoms with Gasteiger partial charge in [0.25, 0.3) is 0 Å². The predicted octanol–water partition coefficient (Wildman–Crippen LogP) is 1.31. The number of nitrogens with zero attached hydrogens (tertiary/aromatic N) is 1. The number of hydrogen-bond acceptors (Lipinski definition) is 3. The molecule has 6 heteroatoms. The maximum atomic E-state index is 13.4. The second-order valence-electron chi connectivity index (χ2n) is 6.26. The molecule has 4 nitrogen and oxygen atoms in total. The van der Waals surface area contributed by atoms with Gasteiger partial charge in [0, 0.05) is 31.5 Å². The van der Waals surface area contributed by atoms with Gasteiger partial charge in [0.1, 0.15) is 0 Å². The Balaban J connectivity index is 1.68. The molecule has 0 radical (unpaired) electrons. The van der Waals surface area contributed by atoms with Crippen molar-refractivity contribution < 1.29 is 18.7 Å². The zero-order valence-electron chi connectivity index (χ0n) is 12.3. The molecule has 1 amide bonds. The highest BCUT2D eigenvalue weighted by Crippen LogP contribution is 2.37. The second kappa shape index (κ2) is 5.93. The van der Waals surface area contributed by atoms with Gasteiger partial charge < -0.3 is 15.7 Å². The first kappa shape index (κ1) is 15.4. The summed E-state index contributed by atoms with van der Waals surface area (Å²) in [5.41, 5.74) is 7.66. The first-order valence-electron chi connectivity index (χ1n) is 7.65. The van der Waals surface area contributed by atoms with Crippen molar-refractivity contribution in [2.75, 3.05) is 13.1 Å². The van der Waals surface area contributed by atoms with Crippen LogP contribution in [0.15, 0.2) is 12.1 Å². The molecule has 3 rings (SSSR count). The summed E-state index contributed by atoms with van der Waals surface area (Å²) in [6.45, 7) is 0.903. The summed E-state index contributed by atoms with van der Waals surface area (Å²) in [4.78, 5) is 13.8. The number of aryl methyl sites for hydroxylation is 1. The minimum absolute atomic E-state index is 0.0833. The molecule has 0 bridgehead atoms. The molecule has 1 aliphatic carbocycles. The molecule has 1 fully saturated rings. The first-order chi connectivity index (χ1) is 10.5. The maximum Gasteiger partial charge on any atom is 0.224 e. The molecule has 3 unspecified atom stereocenters. The van der Waals surface area contributed by atoms with Gasteiger partial charge in [-0.2, -0.15) is 0 Å². The van der Waals surface area contributed by atoms with Crippen LogP contribution in [0, 0.1) is 11.6 Å². The second-order valence-corrected chi connectivity index (χ2v) is 6.26. The molecule has 1 saturated heterocycles. The molecule has 2 aliphatic rings. The Kier molecular flexibility index (Phi) is 4.14. The van der Waals surface area contributed by atoms with Crippen LogP contribution in [0.1, 0.15) is 36.3 Å². The number of amides is 1. The van der Waals surface area contributed by atoms with Crippen LogP contribution in [-0.2, 0) is 11.2 Å². The van der Waals surface area contributed by atoms with Crippen LogP contribution >= 0.6 is 0 Å². The predicted molar refractivity (Wildman–Crippen MR) is 77.2 cm³/mol. The highest BCUT2D eigenvalue weighted by molar-refractivity contribution is 5.77. The van der Waals surface area contributed by atoms with E-state index in [0.717, 1.165) is 11.1 Å². The Morgan fingerprint density at radius 1 is 1.36 bits per heavy atom. The Hall–Kier alpha value is -1.53. The molecule has 1 heterocycles.